The fraction of sp³-hybridized carbons (Fsp3) is 0.444. The molecule has 0 saturated heterocycles. The molecule has 0 aliphatic carbocycles. The molecule has 0 spiro atoms. The zero-order valence-electron chi connectivity index (χ0n) is 7.19. The van der Waals surface area contributed by atoms with Crippen molar-refractivity contribution in [3.8, 4) is 0 Å². The highest BCUT2D eigenvalue weighted by molar-refractivity contribution is 6.18. The van der Waals surface area contributed by atoms with E-state index in [1.54, 1.807) is 0 Å². The number of pyridine rings is 1. The van der Waals surface area contributed by atoms with Gasteiger partial charge in [-0.2, -0.15) is 0 Å². The lowest BCUT2D eigenvalue weighted by Crippen LogP contribution is -1.98. The van der Waals surface area contributed by atoms with Crippen molar-refractivity contribution in [2.45, 2.75) is 25.6 Å². The summed E-state index contributed by atoms with van der Waals surface area (Å²) < 4.78 is 0. The number of aromatic nitrogens is 1. The van der Waals surface area contributed by atoms with Gasteiger partial charge in [-0.05, 0) is 31.0 Å². The second-order valence-corrected chi connectivity index (χ2v) is 3.29. The first-order valence-electron chi connectivity index (χ1n) is 3.77. The molecule has 1 rings (SSSR count). The van der Waals surface area contributed by atoms with Crippen LogP contribution in [0.3, 0.4) is 0 Å². The summed E-state index contributed by atoms with van der Waals surface area (Å²) in [4.78, 5) is 4.31. The van der Waals surface area contributed by atoms with Gasteiger partial charge < -0.3 is 0 Å². The molecule has 0 amide bonds. The third-order valence-electron chi connectivity index (χ3n) is 1.83. The summed E-state index contributed by atoms with van der Waals surface area (Å²) in [6.07, 6.45) is 0. The number of hydrogen-bond donors (Lipinski definition) is 0. The SMILES string of the molecule is Cc1cc(CCl)c(CCl)c(C)n1. The molecule has 0 bridgehead atoms. The Bertz CT molecular complexity index is 284. The average Bonchev–Trinajstić information content (AvgIpc) is 2.03. The van der Waals surface area contributed by atoms with Crippen molar-refractivity contribution in [1.82, 2.24) is 4.98 Å². The van der Waals surface area contributed by atoms with E-state index in [2.05, 4.69) is 4.98 Å². The Balaban J connectivity index is 3.24. The van der Waals surface area contributed by atoms with Gasteiger partial charge in [-0.1, -0.05) is 0 Å². The molecule has 0 saturated carbocycles. The largest absolute Gasteiger partial charge is 0.258 e. The van der Waals surface area contributed by atoms with Gasteiger partial charge in [-0.3, -0.25) is 4.98 Å². The number of rotatable bonds is 2. The molecular weight excluding hydrogens is 193 g/mol. The maximum atomic E-state index is 5.77. The van der Waals surface area contributed by atoms with Crippen LogP contribution in [0, 0.1) is 13.8 Å². The Morgan fingerprint density at radius 1 is 1.25 bits per heavy atom. The highest BCUT2D eigenvalue weighted by Gasteiger charge is 2.05. The van der Waals surface area contributed by atoms with E-state index in [1.807, 2.05) is 19.9 Å². The zero-order chi connectivity index (χ0) is 9.14. The van der Waals surface area contributed by atoms with E-state index >= 15 is 0 Å². The standard InChI is InChI=1S/C9H11Cl2N/c1-6-3-8(4-10)9(5-11)7(2)12-6/h3H,4-5H2,1-2H3. The lowest BCUT2D eigenvalue weighted by molar-refractivity contribution is 1.05. The molecule has 1 nitrogen and oxygen atoms in total. The number of alkyl halides is 2. The third kappa shape index (κ3) is 1.90. The highest BCUT2D eigenvalue weighted by atomic mass is 35.5. The quantitative estimate of drug-likeness (QED) is 0.674. The fourth-order valence-electron chi connectivity index (χ4n) is 1.24. The van der Waals surface area contributed by atoms with Gasteiger partial charge in [0.1, 0.15) is 0 Å². The Labute approximate surface area is 82.7 Å². The first-order valence-corrected chi connectivity index (χ1v) is 4.84. The van der Waals surface area contributed by atoms with E-state index in [0.717, 1.165) is 22.5 Å². The minimum Gasteiger partial charge on any atom is -0.258 e. The molecule has 0 radical (unpaired) electrons. The molecule has 66 valence electrons. The highest BCUT2D eigenvalue weighted by Crippen LogP contribution is 2.18. The van der Waals surface area contributed by atoms with Gasteiger partial charge in [-0.25, -0.2) is 0 Å². The number of aryl methyl sites for hydroxylation is 2. The van der Waals surface area contributed by atoms with Crippen LogP contribution < -0.4 is 0 Å². The summed E-state index contributed by atoms with van der Waals surface area (Å²) in [5.74, 6) is 0.993. The van der Waals surface area contributed by atoms with Crippen LogP contribution in [0.2, 0.25) is 0 Å². The predicted octanol–water partition coefficient (Wildman–Crippen LogP) is 3.18. The summed E-state index contributed by atoms with van der Waals surface area (Å²) in [5, 5.41) is 0. The Morgan fingerprint density at radius 3 is 2.42 bits per heavy atom. The lowest BCUT2D eigenvalue weighted by atomic mass is 10.1. The fourth-order valence-corrected chi connectivity index (χ4v) is 1.84. The van der Waals surface area contributed by atoms with Crippen molar-refractivity contribution in [3.05, 3.63) is 28.6 Å². The van der Waals surface area contributed by atoms with Crippen LogP contribution in [0.5, 0.6) is 0 Å². The summed E-state index contributed by atoms with van der Waals surface area (Å²) in [5.41, 5.74) is 4.15. The van der Waals surface area contributed by atoms with E-state index < -0.39 is 0 Å². The second kappa shape index (κ2) is 4.11. The van der Waals surface area contributed by atoms with E-state index in [4.69, 9.17) is 23.2 Å². The molecular formula is C9H11Cl2N. The van der Waals surface area contributed by atoms with Crippen molar-refractivity contribution in [3.63, 3.8) is 0 Å². The van der Waals surface area contributed by atoms with Crippen molar-refractivity contribution in [2.75, 3.05) is 0 Å². The molecule has 3 heteroatoms. The van der Waals surface area contributed by atoms with E-state index in [-0.39, 0.29) is 0 Å². The molecule has 0 atom stereocenters. The Hall–Kier alpha value is -0.270. The van der Waals surface area contributed by atoms with Crippen molar-refractivity contribution in [2.24, 2.45) is 0 Å². The molecule has 1 aromatic rings. The topological polar surface area (TPSA) is 12.9 Å². The summed E-state index contributed by atoms with van der Waals surface area (Å²) in [6, 6.07) is 1.98. The minimum absolute atomic E-state index is 0.487. The number of hydrogen-bond acceptors (Lipinski definition) is 1. The van der Waals surface area contributed by atoms with Crippen LogP contribution in [0.4, 0.5) is 0 Å². The van der Waals surface area contributed by atoms with Crippen LogP contribution in [0.25, 0.3) is 0 Å². The monoisotopic (exact) mass is 203 g/mol. The molecule has 0 aromatic carbocycles. The Kier molecular flexibility index (Phi) is 3.36. The molecule has 0 fully saturated rings. The smallest absolute Gasteiger partial charge is 0.0495 e. The van der Waals surface area contributed by atoms with Crippen LogP contribution in [0.1, 0.15) is 22.5 Å². The maximum absolute atomic E-state index is 5.77. The summed E-state index contributed by atoms with van der Waals surface area (Å²) >= 11 is 11.5. The van der Waals surface area contributed by atoms with Crippen molar-refractivity contribution < 1.29 is 0 Å². The van der Waals surface area contributed by atoms with Crippen molar-refractivity contribution in [1.29, 1.82) is 0 Å². The number of halogens is 2. The molecule has 1 aromatic heterocycles. The summed E-state index contributed by atoms with van der Waals surface area (Å²) in [6.45, 7) is 3.92. The van der Waals surface area contributed by atoms with Crippen LogP contribution in [-0.4, -0.2) is 4.98 Å². The van der Waals surface area contributed by atoms with Gasteiger partial charge >= 0.3 is 0 Å². The van der Waals surface area contributed by atoms with Gasteiger partial charge in [0.25, 0.3) is 0 Å². The normalized spacial score (nSPS) is 10.3. The zero-order valence-corrected chi connectivity index (χ0v) is 8.71. The Morgan fingerprint density at radius 2 is 1.92 bits per heavy atom. The first kappa shape index (κ1) is 9.82. The van der Waals surface area contributed by atoms with E-state index in [1.165, 1.54) is 0 Å². The molecule has 12 heavy (non-hydrogen) atoms. The van der Waals surface area contributed by atoms with Gasteiger partial charge in [-0.15, -0.1) is 23.2 Å². The van der Waals surface area contributed by atoms with Gasteiger partial charge in [0, 0.05) is 23.1 Å². The second-order valence-electron chi connectivity index (χ2n) is 2.75. The minimum atomic E-state index is 0.487. The molecule has 0 N–H and O–H groups in total. The molecule has 0 aliphatic heterocycles. The number of nitrogens with zero attached hydrogens (tertiary/aromatic N) is 1. The predicted molar refractivity (Wildman–Crippen MR) is 52.8 cm³/mol. The van der Waals surface area contributed by atoms with E-state index in [9.17, 15) is 0 Å². The molecule has 0 aliphatic rings. The van der Waals surface area contributed by atoms with Crippen molar-refractivity contribution >= 4 is 23.2 Å². The van der Waals surface area contributed by atoms with Crippen LogP contribution in [-0.2, 0) is 11.8 Å². The maximum Gasteiger partial charge on any atom is 0.0495 e. The average molecular weight is 204 g/mol. The van der Waals surface area contributed by atoms with Crippen LogP contribution >= 0.6 is 23.2 Å². The molecule has 1 heterocycles. The lowest BCUT2D eigenvalue weighted by Gasteiger charge is -2.07. The van der Waals surface area contributed by atoms with Gasteiger partial charge in [0.2, 0.25) is 0 Å². The summed E-state index contributed by atoms with van der Waals surface area (Å²) in [7, 11) is 0. The third-order valence-corrected chi connectivity index (χ3v) is 2.38. The first-order chi connectivity index (χ1) is 5.69. The van der Waals surface area contributed by atoms with Gasteiger partial charge in [0.15, 0.2) is 0 Å². The van der Waals surface area contributed by atoms with E-state index in [0.29, 0.717) is 11.8 Å². The van der Waals surface area contributed by atoms with Gasteiger partial charge in [0.05, 0.1) is 0 Å². The molecule has 0 unspecified atom stereocenters. The van der Waals surface area contributed by atoms with Crippen LogP contribution in [0.15, 0.2) is 6.07 Å².